The summed E-state index contributed by atoms with van der Waals surface area (Å²) in [6.45, 7) is 8.41. The van der Waals surface area contributed by atoms with Crippen molar-refractivity contribution in [1.29, 1.82) is 0 Å². The van der Waals surface area contributed by atoms with Crippen molar-refractivity contribution in [1.82, 2.24) is 34.7 Å². The fourth-order valence-corrected chi connectivity index (χ4v) is 3.77. The first kappa shape index (κ1) is 18.5. The van der Waals surface area contributed by atoms with Crippen LogP contribution in [0.4, 0.5) is 0 Å². The number of hydrogen-bond donors (Lipinski definition) is 1. The summed E-state index contributed by atoms with van der Waals surface area (Å²) in [5.74, 6) is 0.108. The Bertz CT molecular complexity index is 1240. The van der Waals surface area contributed by atoms with Crippen molar-refractivity contribution in [3.63, 3.8) is 0 Å². The highest BCUT2D eigenvalue weighted by molar-refractivity contribution is 5.90. The van der Waals surface area contributed by atoms with Crippen molar-refractivity contribution >= 4 is 11.4 Å². The van der Waals surface area contributed by atoms with E-state index in [1.54, 1.807) is 11.2 Å². The van der Waals surface area contributed by atoms with Gasteiger partial charge >= 0.3 is 11.8 Å². The number of nitrogens with zero attached hydrogens (tertiary/aromatic N) is 6. The summed E-state index contributed by atoms with van der Waals surface area (Å²) in [6, 6.07) is 5.61. The van der Waals surface area contributed by atoms with Crippen molar-refractivity contribution in [2.75, 3.05) is 6.54 Å². The van der Waals surface area contributed by atoms with Crippen LogP contribution in [0.2, 0.25) is 0 Å². The Balaban J connectivity index is 1.58. The first-order chi connectivity index (χ1) is 14.3. The summed E-state index contributed by atoms with van der Waals surface area (Å²) >= 11 is 0. The lowest BCUT2D eigenvalue weighted by molar-refractivity contribution is 0.0642. The van der Waals surface area contributed by atoms with E-state index in [0.29, 0.717) is 18.9 Å². The number of aromatic amines is 1. The maximum Gasteiger partial charge on any atom is 0.312 e. The van der Waals surface area contributed by atoms with Crippen LogP contribution >= 0.6 is 0 Å². The van der Waals surface area contributed by atoms with Crippen LogP contribution in [0, 0.1) is 6.92 Å². The smallest absolute Gasteiger partial charge is 0.312 e. The summed E-state index contributed by atoms with van der Waals surface area (Å²) in [6.07, 6.45) is 4.30. The Morgan fingerprint density at radius 1 is 1.27 bits per heavy atom. The molecular weight excluding hydrogens is 382 g/mol. The number of carbonyl (C=O) groups is 1. The molecule has 0 spiro atoms. The maximum absolute atomic E-state index is 13.4. The molecule has 1 amide bonds. The van der Waals surface area contributed by atoms with E-state index < -0.39 is 6.04 Å². The molecule has 5 heterocycles. The second kappa shape index (κ2) is 6.51. The molecule has 0 saturated heterocycles. The van der Waals surface area contributed by atoms with Gasteiger partial charge in [0.1, 0.15) is 6.04 Å². The van der Waals surface area contributed by atoms with E-state index >= 15 is 0 Å². The standard InChI is InChI=1S/C21H23N7O2/c1-12-5-6-13-9-15(26-28(13)10-12)17-16-14(22-11-23-16)7-8-27(17)19(29)18-24-25-20(30-18)21(2,3)4/h5-6,9-11,17H,7-8H2,1-4H3,(H,22,23). The Morgan fingerprint density at radius 2 is 2.10 bits per heavy atom. The minimum absolute atomic E-state index is 0.0106. The first-order valence-corrected chi connectivity index (χ1v) is 9.94. The molecule has 1 aliphatic rings. The molecule has 30 heavy (non-hydrogen) atoms. The Labute approximate surface area is 173 Å². The minimum atomic E-state index is -0.433. The number of aryl methyl sites for hydroxylation is 1. The van der Waals surface area contributed by atoms with Gasteiger partial charge in [0.05, 0.1) is 23.2 Å². The molecule has 1 atom stereocenters. The second-order valence-corrected chi connectivity index (χ2v) is 8.72. The predicted octanol–water partition coefficient (Wildman–Crippen LogP) is 2.83. The Kier molecular flexibility index (Phi) is 4.02. The summed E-state index contributed by atoms with van der Waals surface area (Å²) < 4.78 is 7.56. The molecule has 9 heteroatoms. The maximum atomic E-state index is 13.4. The van der Waals surface area contributed by atoms with Crippen molar-refractivity contribution in [3.8, 4) is 0 Å². The largest absolute Gasteiger partial charge is 0.416 e. The average Bonchev–Trinajstić information content (AvgIpc) is 3.43. The second-order valence-electron chi connectivity index (χ2n) is 8.72. The van der Waals surface area contributed by atoms with Crippen LogP contribution in [0.25, 0.3) is 5.52 Å². The van der Waals surface area contributed by atoms with E-state index in [-0.39, 0.29) is 17.2 Å². The van der Waals surface area contributed by atoms with Gasteiger partial charge in [0, 0.05) is 30.3 Å². The molecule has 4 aromatic rings. The molecule has 154 valence electrons. The molecule has 0 bridgehead atoms. The number of H-pyrrole nitrogens is 1. The van der Waals surface area contributed by atoms with Crippen LogP contribution in [0.5, 0.6) is 0 Å². The molecule has 4 aromatic heterocycles. The predicted molar refractivity (Wildman–Crippen MR) is 108 cm³/mol. The summed E-state index contributed by atoms with van der Waals surface area (Å²) in [5, 5.41) is 12.8. The van der Waals surface area contributed by atoms with Crippen LogP contribution < -0.4 is 0 Å². The van der Waals surface area contributed by atoms with Gasteiger partial charge in [-0.1, -0.05) is 26.8 Å². The number of hydrogen-bond acceptors (Lipinski definition) is 6. The molecule has 9 nitrogen and oxygen atoms in total. The number of aromatic nitrogens is 6. The number of rotatable bonds is 2. The normalized spacial score (nSPS) is 16.8. The van der Waals surface area contributed by atoms with Crippen LogP contribution in [0.15, 0.2) is 35.1 Å². The highest BCUT2D eigenvalue weighted by Gasteiger charge is 2.38. The monoisotopic (exact) mass is 405 g/mol. The SMILES string of the molecule is Cc1ccc2cc(C3c4nc[nH]c4CCN3C(=O)c3nnc(C(C)(C)C)o3)nn2c1. The molecule has 0 aromatic carbocycles. The summed E-state index contributed by atoms with van der Waals surface area (Å²) in [5.41, 5.74) is 4.29. The fraction of sp³-hybridized carbons (Fsp3) is 0.381. The zero-order chi connectivity index (χ0) is 21.0. The van der Waals surface area contributed by atoms with E-state index in [4.69, 9.17) is 9.52 Å². The third kappa shape index (κ3) is 2.97. The van der Waals surface area contributed by atoms with Gasteiger partial charge in [-0.2, -0.15) is 5.10 Å². The van der Waals surface area contributed by atoms with Gasteiger partial charge in [0.25, 0.3) is 0 Å². The summed E-state index contributed by atoms with van der Waals surface area (Å²) in [7, 11) is 0. The van der Waals surface area contributed by atoms with Crippen LogP contribution in [0.1, 0.15) is 66.0 Å². The number of amides is 1. The third-order valence-corrected chi connectivity index (χ3v) is 5.34. The van der Waals surface area contributed by atoms with E-state index in [1.807, 2.05) is 56.6 Å². The molecule has 1 N–H and O–H groups in total. The molecular formula is C21H23N7O2. The number of pyridine rings is 1. The van der Waals surface area contributed by atoms with Crippen LogP contribution in [-0.2, 0) is 11.8 Å². The van der Waals surface area contributed by atoms with Crippen LogP contribution in [0.3, 0.4) is 0 Å². The molecule has 0 radical (unpaired) electrons. The van der Waals surface area contributed by atoms with E-state index in [0.717, 1.165) is 28.2 Å². The molecule has 0 saturated carbocycles. The molecule has 1 unspecified atom stereocenters. The summed E-state index contributed by atoms with van der Waals surface area (Å²) in [4.78, 5) is 22.8. The lowest BCUT2D eigenvalue weighted by atomic mass is 9.97. The number of imidazole rings is 1. The molecule has 0 fully saturated rings. The quantitative estimate of drug-likeness (QED) is 0.550. The zero-order valence-electron chi connectivity index (χ0n) is 17.4. The van der Waals surface area contributed by atoms with Gasteiger partial charge in [-0.3, -0.25) is 4.79 Å². The highest BCUT2D eigenvalue weighted by atomic mass is 16.4. The fourth-order valence-electron chi connectivity index (χ4n) is 3.77. The van der Waals surface area contributed by atoms with Gasteiger partial charge in [0.15, 0.2) is 0 Å². The van der Waals surface area contributed by atoms with Crippen molar-refractivity contribution in [2.45, 2.75) is 45.6 Å². The van der Waals surface area contributed by atoms with E-state index in [2.05, 4.69) is 20.2 Å². The van der Waals surface area contributed by atoms with Gasteiger partial charge < -0.3 is 14.3 Å². The lowest BCUT2D eigenvalue weighted by Gasteiger charge is -2.32. The van der Waals surface area contributed by atoms with Gasteiger partial charge in [-0.05, 0) is 24.6 Å². The number of carbonyl (C=O) groups excluding carboxylic acids is 1. The minimum Gasteiger partial charge on any atom is -0.416 e. The van der Waals surface area contributed by atoms with E-state index in [9.17, 15) is 4.79 Å². The Hall–Kier alpha value is -3.49. The van der Waals surface area contributed by atoms with Crippen molar-refractivity contribution in [2.24, 2.45) is 0 Å². The number of fused-ring (bicyclic) bond motifs is 2. The van der Waals surface area contributed by atoms with E-state index in [1.165, 1.54) is 0 Å². The van der Waals surface area contributed by atoms with Crippen molar-refractivity contribution < 1.29 is 9.21 Å². The highest BCUT2D eigenvalue weighted by Crippen LogP contribution is 2.34. The van der Waals surface area contributed by atoms with Gasteiger partial charge in [-0.15, -0.1) is 10.2 Å². The molecule has 1 aliphatic heterocycles. The molecule has 0 aliphatic carbocycles. The van der Waals surface area contributed by atoms with Crippen molar-refractivity contribution in [3.05, 3.63) is 65.1 Å². The first-order valence-electron chi connectivity index (χ1n) is 9.94. The molecule has 5 rings (SSSR count). The lowest BCUT2D eigenvalue weighted by Crippen LogP contribution is -2.41. The zero-order valence-corrected chi connectivity index (χ0v) is 17.4. The van der Waals surface area contributed by atoms with Gasteiger partial charge in [0.2, 0.25) is 5.89 Å². The number of nitrogens with one attached hydrogen (secondary N) is 1. The van der Waals surface area contributed by atoms with Gasteiger partial charge in [-0.25, -0.2) is 9.50 Å². The Morgan fingerprint density at radius 3 is 2.87 bits per heavy atom. The van der Waals surface area contributed by atoms with Crippen LogP contribution in [-0.4, -0.2) is 47.1 Å². The third-order valence-electron chi connectivity index (χ3n) is 5.34. The topological polar surface area (TPSA) is 105 Å². The average molecular weight is 405 g/mol.